The van der Waals surface area contributed by atoms with Crippen LogP contribution >= 0.6 is 23.6 Å². The molecule has 1 aliphatic rings. The Labute approximate surface area is 148 Å². The third-order valence-corrected chi connectivity index (χ3v) is 5.17. The second-order valence-electron chi connectivity index (χ2n) is 5.37. The number of benzene rings is 1. The van der Waals surface area contributed by atoms with Crippen molar-refractivity contribution in [1.82, 2.24) is 9.55 Å². The molecule has 0 spiro atoms. The van der Waals surface area contributed by atoms with Gasteiger partial charge in [-0.25, -0.2) is 0 Å². The predicted molar refractivity (Wildman–Crippen MR) is 101 cm³/mol. The van der Waals surface area contributed by atoms with Crippen molar-refractivity contribution in [3.05, 3.63) is 63.2 Å². The van der Waals surface area contributed by atoms with Gasteiger partial charge in [0.1, 0.15) is 0 Å². The maximum absolute atomic E-state index is 10.7. The summed E-state index contributed by atoms with van der Waals surface area (Å²) >= 11 is 6.79. The number of aliphatic imine (C=N–C) groups is 1. The van der Waals surface area contributed by atoms with Crippen molar-refractivity contribution < 1.29 is 5.11 Å². The van der Waals surface area contributed by atoms with Crippen LogP contribution in [0.15, 0.2) is 53.8 Å². The molecule has 1 aliphatic heterocycles. The summed E-state index contributed by atoms with van der Waals surface area (Å²) in [4.78, 5) is 9.38. The second-order valence-corrected chi connectivity index (χ2v) is 7.05. The van der Waals surface area contributed by atoms with Crippen LogP contribution in [0.2, 0.25) is 0 Å². The van der Waals surface area contributed by atoms with E-state index in [-0.39, 0.29) is 5.88 Å². The third kappa shape index (κ3) is 2.40. The van der Waals surface area contributed by atoms with Crippen LogP contribution < -0.4 is 0 Å². The van der Waals surface area contributed by atoms with Gasteiger partial charge in [0.05, 0.1) is 22.4 Å². The van der Waals surface area contributed by atoms with Crippen molar-refractivity contribution in [2.75, 3.05) is 0 Å². The highest BCUT2D eigenvalue weighted by atomic mass is 32.1. The molecule has 1 N–H and O–H groups in total. The number of nitrogens with zero attached hydrogens (tertiary/aromatic N) is 3. The molecule has 3 heterocycles. The number of hydrogen-bond donors (Lipinski definition) is 1. The van der Waals surface area contributed by atoms with Crippen molar-refractivity contribution in [3.8, 4) is 11.6 Å². The van der Waals surface area contributed by atoms with E-state index >= 15 is 0 Å². The van der Waals surface area contributed by atoms with E-state index in [0.717, 1.165) is 28.2 Å². The van der Waals surface area contributed by atoms with E-state index in [0.29, 0.717) is 8.83 Å². The fourth-order valence-corrected chi connectivity index (χ4v) is 4.03. The van der Waals surface area contributed by atoms with Gasteiger partial charge in [0.25, 0.3) is 0 Å². The molecule has 0 aliphatic carbocycles. The second kappa shape index (κ2) is 5.81. The van der Waals surface area contributed by atoms with Gasteiger partial charge in [-0.1, -0.05) is 18.2 Å². The maximum atomic E-state index is 10.7. The highest BCUT2D eigenvalue weighted by Gasteiger charge is 2.19. The van der Waals surface area contributed by atoms with Crippen LogP contribution in [0.5, 0.6) is 5.88 Å². The number of allylic oxidation sites excluding steroid dienone is 1. The van der Waals surface area contributed by atoms with Gasteiger partial charge in [0, 0.05) is 23.0 Å². The average molecular weight is 351 g/mol. The number of thiazole rings is 1. The molecule has 0 bridgehead atoms. The molecular weight excluding hydrogens is 338 g/mol. The summed E-state index contributed by atoms with van der Waals surface area (Å²) in [5.74, 6) is 0.127. The van der Waals surface area contributed by atoms with Crippen LogP contribution in [0, 0.1) is 3.95 Å². The highest BCUT2D eigenvalue weighted by Crippen LogP contribution is 2.38. The number of rotatable bonds is 2. The number of para-hydroxylation sites is 1. The van der Waals surface area contributed by atoms with Crippen LogP contribution in [0.4, 0.5) is 5.69 Å². The number of aromatic hydroxyl groups is 1. The summed E-state index contributed by atoms with van der Waals surface area (Å²) < 4.78 is 2.21. The van der Waals surface area contributed by atoms with Gasteiger partial charge in [0.2, 0.25) is 5.88 Å². The van der Waals surface area contributed by atoms with Crippen molar-refractivity contribution in [2.24, 2.45) is 4.99 Å². The minimum Gasteiger partial charge on any atom is -0.493 e. The van der Waals surface area contributed by atoms with Gasteiger partial charge in [0.15, 0.2) is 3.95 Å². The summed E-state index contributed by atoms with van der Waals surface area (Å²) in [6.45, 7) is 1.97. The molecular formula is C18H13N3OS2. The van der Waals surface area contributed by atoms with Gasteiger partial charge in [-0.05, 0) is 43.4 Å². The number of hydrogen-bond acceptors (Lipinski definition) is 5. The molecule has 4 nitrogen and oxygen atoms in total. The Morgan fingerprint density at radius 1 is 1.21 bits per heavy atom. The van der Waals surface area contributed by atoms with Crippen molar-refractivity contribution in [2.45, 2.75) is 6.92 Å². The lowest BCUT2D eigenvalue weighted by Gasteiger charge is -2.04. The molecule has 0 atom stereocenters. The van der Waals surface area contributed by atoms with E-state index in [1.54, 1.807) is 17.0 Å². The molecule has 3 aromatic rings. The van der Waals surface area contributed by atoms with E-state index < -0.39 is 0 Å². The maximum Gasteiger partial charge on any atom is 0.215 e. The largest absolute Gasteiger partial charge is 0.493 e. The summed E-state index contributed by atoms with van der Waals surface area (Å²) in [6, 6.07) is 11.7. The number of aromatic nitrogens is 2. The van der Waals surface area contributed by atoms with E-state index in [9.17, 15) is 5.11 Å². The number of pyridine rings is 1. The van der Waals surface area contributed by atoms with Crippen molar-refractivity contribution in [1.29, 1.82) is 0 Å². The molecule has 0 unspecified atom stereocenters. The molecule has 24 heavy (non-hydrogen) atoms. The van der Waals surface area contributed by atoms with Gasteiger partial charge in [-0.15, -0.1) is 11.3 Å². The topological polar surface area (TPSA) is 50.4 Å². The normalized spacial score (nSPS) is 14.7. The molecule has 6 heteroatoms. The Morgan fingerprint density at radius 2 is 2.04 bits per heavy atom. The lowest BCUT2D eigenvalue weighted by atomic mass is 10.0. The van der Waals surface area contributed by atoms with E-state index in [2.05, 4.69) is 9.98 Å². The van der Waals surface area contributed by atoms with Crippen LogP contribution in [-0.2, 0) is 0 Å². The SMILES string of the molecule is CC1=Nc2ccccc2C1=Cc1sc(=S)n(-c2cccnc2)c1O. The summed E-state index contributed by atoms with van der Waals surface area (Å²) in [6.07, 6.45) is 5.32. The Morgan fingerprint density at radius 3 is 2.83 bits per heavy atom. The Balaban J connectivity index is 1.86. The summed E-state index contributed by atoms with van der Waals surface area (Å²) in [7, 11) is 0. The van der Waals surface area contributed by atoms with Crippen molar-refractivity contribution in [3.63, 3.8) is 0 Å². The molecule has 0 saturated carbocycles. The van der Waals surface area contributed by atoms with Crippen LogP contribution in [0.3, 0.4) is 0 Å². The minimum atomic E-state index is 0.127. The molecule has 4 rings (SSSR count). The third-order valence-electron chi connectivity index (χ3n) is 3.86. The number of fused-ring (bicyclic) bond motifs is 1. The molecule has 0 fully saturated rings. The molecule has 0 saturated heterocycles. The molecule has 118 valence electrons. The first-order valence-corrected chi connectivity index (χ1v) is 8.59. The van der Waals surface area contributed by atoms with Gasteiger partial charge in [-0.2, -0.15) is 0 Å². The lowest BCUT2D eigenvalue weighted by molar-refractivity contribution is 0.441. The zero-order valence-electron chi connectivity index (χ0n) is 12.8. The van der Waals surface area contributed by atoms with Gasteiger partial charge >= 0.3 is 0 Å². The first-order chi connectivity index (χ1) is 11.6. The van der Waals surface area contributed by atoms with E-state index in [1.165, 1.54) is 11.3 Å². The fourth-order valence-electron chi connectivity index (χ4n) is 2.74. The van der Waals surface area contributed by atoms with Crippen LogP contribution in [0.25, 0.3) is 17.3 Å². The smallest absolute Gasteiger partial charge is 0.215 e. The standard InChI is InChI=1S/C18H13N3OS2/c1-11-14(13-6-2-3-7-15(13)20-11)9-16-17(22)21(18(23)24-16)12-5-4-8-19-10-12/h2-10,22H,1H3. The lowest BCUT2D eigenvalue weighted by Crippen LogP contribution is -1.93. The zero-order chi connectivity index (χ0) is 16.7. The average Bonchev–Trinajstić information content (AvgIpc) is 3.05. The summed E-state index contributed by atoms with van der Waals surface area (Å²) in [5, 5.41) is 10.7. The molecule has 2 aromatic heterocycles. The zero-order valence-corrected chi connectivity index (χ0v) is 14.4. The van der Waals surface area contributed by atoms with Crippen LogP contribution in [-0.4, -0.2) is 20.4 Å². The Bertz CT molecular complexity index is 1050. The molecule has 0 radical (unpaired) electrons. The van der Waals surface area contributed by atoms with Crippen molar-refractivity contribution >= 4 is 46.6 Å². The Kier molecular flexibility index (Phi) is 3.63. The van der Waals surface area contributed by atoms with E-state index in [4.69, 9.17) is 12.2 Å². The first-order valence-electron chi connectivity index (χ1n) is 7.37. The quantitative estimate of drug-likeness (QED) is 0.660. The minimum absolute atomic E-state index is 0.127. The monoisotopic (exact) mass is 351 g/mol. The first kappa shape index (κ1) is 15.0. The highest BCUT2D eigenvalue weighted by molar-refractivity contribution is 7.73. The van der Waals surface area contributed by atoms with Gasteiger partial charge in [-0.3, -0.25) is 14.5 Å². The van der Waals surface area contributed by atoms with E-state index in [1.807, 2.05) is 49.4 Å². The Hall–Kier alpha value is -2.57. The predicted octanol–water partition coefficient (Wildman–Crippen LogP) is 5.02. The molecule has 1 aromatic carbocycles. The van der Waals surface area contributed by atoms with Gasteiger partial charge < -0.3 is 5.11 Å². The van der Waals surface area contributed by atoms with Crippen LogP contribution in [0.1, 0.15) is 17.4 Å². The molecule has 0 amide bonds. The fraction of sp³-hybridized carbons (Fsp3) is 0.0556. The summed E-state index contributed by atoms with van der Waals surface area (Å²) in [5.41, 5.74) is 4.72.